The number of nitrogens with zero attached hydrogens (tertiary/aromatic N) is 2. The number of aromatic amines is 1. The number of carbonyl (C=O) groups is 2. The molecule has 2 N–H and O–H groups in total. The quantitative estimate of drug-likeness (QED) is 0.543. The molecule has 0 saturated carbocycles. The summed E-state index contributed by atoms with van der Waals surface area (Å²) in [4.78, 5) is 31.9. The normalized spacial score (nSPS) is 11.0. The van der Waals surface area contributed by atoms with Crippen molar-refractivity contribution in [3.8, 4) is 11.4 Å². The predicted octanol–water partition coefficient (Wildman–Crippen LogP) is 3.81. The van der Waals surface area contributed by atoms with Gasteiger partial charge in [0, 0.05) is 29.9 Å². The van der Waals surface area contributed by atoms with Gasteiger partial charge in [0.15, 0.2) is 5.78 Å². The first kappa shape index (κ1) is 16.8. The second-order valence-electron chi connectivity index (χ2n) is 6.44. The average molecular weight is 359 g/mol. The van der Waals surface area contributed by atoms with Crippen LogP contribution in [0.25, 0.3) is 22.4 Å². The topological polar surface area (TPSA) is 88.0 Å². The number of H-pyrrole nitrogens is 1. The van der Waals surface area contributed by atoms with E-state index in [1.54, 1.807) is 49.0 Å². The Kier molecular flexibility index (Phi) is 3.88. The largest absolute Gasteiger partial charge is 0.477 e. The van der Waals surface area contributed by atoms with Crippen LogP contribution in [0.4, 0.5) is 0 Å². The van der Waals surface area contributed by atoms with Gasteiger partial charge >= 0.3 is 5.97 Å². The van der Waals surface area contributed by atoms with Crippen LogP contribution in [-0.2, 0) is 7.05 Å². The monoisotopic (exact) mass is 359 g/mol. The van der Waals surface area contributed by atoms with Gasteiger partial charge in [0.25, 0.3) is 0 Å². The van der Waals surface area contributed by atoms with E-state index in [0.717, 1.165) is 11.1 Å². The maximum absolute atomic E-state index is 12.6. The summed E-state index contributed by atoms with van der Waals surface area (Å²) in [5.74, 6) is -0.464. The highest BCUT2D eigenvalue weighted by Gasteiger charge is 2.19. The Morgan fingerprint density at radius 2 is 1.81 bits per heavy atom. The second-order valence-corrected chi connectivity index (χ2v) is 6.44. The molecule has 0 spiro atoms. The molecule has 6 heteroatoms. The van der Waals surface area contributed by atoms with Crippen LogP contribution in [0.2, 0.25) is 0 Å². The first-order valence-corrected chi connectivity index (χ1v) is 8.45. The predicted molar refractivity (Wildman–Crippen MR) is 102 cm³/mol. The molecular weight excluding hydrogens is 342 g/mol. The molecule has 27 heavy (non-hydrogen) atoms. The number of aryl methyl sites for hydroxylation is 1. The summed E-state index contributed by atoms with van der Waals surface area (Å²) in [7, 11) is 1.69. The fourth-order valence-corrected chi connectivity index (χ4v) is 3.33. The first-order chi connectivity index (χ1) is 13.0. The van der Waals surface area contributed by atoms with Crippen molar-refractivity contribution in [2.75, 3.05) is 0 Å². The number of aromatic nitrogens is 3. The van der Waals surface area contributed by atoms with Crippen LogP contribution in [-0.4, -0.2) is 31.4 Å². The number of carbonyl (C=O) groups excluding carboxylic acids is 1. The highest BCUT2D eigenvalue weighted by molar-refractivity contribution is 6.10. The van der Waals surface area contributed by atoms with Gasteiger partial charge < -0.3 is 14.7 Å². The number of nitrogens with one attached hydrogen (secondary N) is 1. The molecule has 2 aromatic heterocycles. The summed E-state index contributed by atoms with van der Waals surface area (Å²) in [6.45, 7) is 1.76. The van der Waals surface area contributed by atoms with Crippen LogP contribution in [0, 0.1) is 6.92 Å². The lowest BCUT2D eigenvalue weighted by atomic mass is 10.0. The van der Waals surface area contributed by atoms with Crippen molar-refractivity contribution in [2.24, 2.45) is 7.05 Å². The number of carboxylic acids is 1. The summed E-state index contributed by atoms with van der Waals surface area (Å²) in [5, 5.41) is 9.36. The van der Waals surface area contributed by atoms with Gasteiger partial charge in [-0.1, -0.05) is 30.3 Å². The van der Waals surface area contributed by atoms with E-state index in [9.17, 15) is 14.7 Å². The molecule has 2 aromatic carbocycles. The van der Waals surface area contributed by atoms with E-state index in [1.165, 1.54) is 0 Å². The summed E-state index contributed by atoms with van der Waals surface area (Å²) in [6.07, 6.45) is 1.74. The minimum atomic E-state index is -0.979. The molecule has 0 amide bonds. The van der Waals surface area contributed by atoms with Crippen molar-refractivity contribution >= 4 is 22.8 Å². The maximum Gasteiger partial charge on any atom is 0.352 e. The van der Waals surface area contributed by atoms with Gasteiger partial charge in [-0.05, 0) is 30.7 Å². The number of hydrogen-bond donors (Lipinski definition) is 2. The number of fused-ring (bicyclic) bond motifs is 1. The zero-order chi connectivity index (χ0) is 19.1. The molecular formula is C21H17N3O3. The molecule has 0 aliphatic heterocycles. The maximum atomic E-state index is 12.6. The molecule has 2 heterocycles. The number of carboxylic acid groups (broad SMARTS) is 1. The van der Waals surface area contributed by atoms with E-state index < -0.39 is 5.97 Å². The van der Waals surface area contributed by atoms with Crippen LogP contribution >= 0.6 is 0 Å². The highest BCUT2D eigenvalue weighted by atomic mass is 16.4. The van der Waals surface area contributed by atoms with Gasteiger partial charge in [-0.25, -0.2) is 9.78 Å². The van der Waals surface area contributed by atoms with Gasteiger partial charge in [0.05, 0.1) is 11.0 Å². The summed E-state index contributed by atoms with van der Waals surface area (Å²) in [5.41, 5.74) is 4.22. The molecule has 134 valence electrons. The summed E-state index contributed by atoms with van der Waals surface area (Å²) >= 11 is 0. The molecule has 0 aliphatic carbocycles. The highest BCUT2D eigenvalue weighted by Crippen LogP contribution is 2.27. The first-order valence-electron chi connectivity index (χ1n) is 8.45. The average Bonchev–Trinajstić information content (AvgIpc) is 3.21. The van der Waals surface area contributed by atoms with Crippen LogP contribution in [0.1, 0.15) is 32.0 Å². The van der Waals surface area contributed by atoms with E-state index in [4.69, 9.17) is 0 Å². The van der Waals surface area contributed by atoms with Gasteiger partial charge in [0.2, 0.25) is 0 Å². The fourth-order valence-electron chi connectivity index (χ4n) is 3.33. The fraction of sp³-hybridized carbons (Fsp3) is 0.0952. The Morgan fingerprint density at radius 1 is 1.07 bits per heavy atom. The summed E-state index contributed by atoms with van der Waals surface area (Å²) in [6, 6.07) is 14.4. The van der Waals surface area contributed by atoms with Gasteiger partial charge in [0.1, 0.15) is 11.5 Å². The molecule has 4 rings (SSSR count). The standard InChI is InChI=1S/C21H17N3O3/c1-12-15(11-24(2)18(12)21(26)27)20-22-16-9-8-14(10-17(16)23-20)19(25)13-6-4-3-5-7-13/h3-11H,1-2H3,(H,22,23)(H,26,27). The van der Waals surface area contributed by atoms with Crippen molar-refractivity contribution < 1.29 is 14.7 Å². The number of rotatable bonds is 4. The zero-order valence-corrected chi connectivity index (χ0v) is 14.9. The van der Waals surface area contributed by atoms with E-state index >= 15 is 0 Å². The third kappa shape index (κ3) is 2.81. The molecule has 0 unspecified atom stereocenters. The lowest BCUT2D eigenvalue weighted by Gasteiger charge is -2.00. The zero-order valence-electron chi connectivity index (χ0n) is 14.9. The number of imidazole rings is 1. The molecule has 0 saturated heterocycles. The van der Waals surface area contributed by atoms with Crippen molar-refractivity contribution in [1.82, 2.24) is 14.5 Å². The molecule has 4 aromatic rings. The molecule has 0 atom stereocenters. The third-order valence-electron chi connectivity index (χ3n) is 4.67. The Bertz CT molecular complexity index is 1190. The molecule has 0 fully saturated rings. The lowest BCUT2D eigenvalue weighted by Crippen LogP contribution is -2.05. The lowest BCUT2D eigenvalue weighted by molar-refractivity contribution is 0.0685. The van der Waals surface area contributed by atoms with Crippen LogP contribution in [0.15, 0.2) is 54.7 Å². The Balaban J connectivity index is 1.77. The number of benzene rings is 2. The Hall–Kier alpha value is -3.67. The van der Waals surface area contributed by atoms with Gasteiger partial charge in [-0.2, -0.15) is 0 Å². The molecule has 6 nitrogen and oxygen atoms in total. The van der Waals surface area contributed by atoms with E-state index in [0.29, 0.717) is 28.0 Å². The SMILES string of the molecule is Cc1c(-c2nc3cc(C(=O)c4ccccc4)ccc3[nH]2)cn(C)c1C(=O)O. The molecule has 0 aliphatic rings. The number of ketones is 1. The Labute approximate surface area is 155 Å². The van der Waals surface area contributed by atoms with E-state index in [1.807, 2.05) is 24.3 Å². The van der Waals surface area contributed by atoms with Crippen molar-refractivity contribution in [3.05, 3.63) is 77.1 Å². The van der Waals surface area contributed by atoms with Crippen molar-refractivity contribution in [2.45, 2.75) is 6.92 Å². The Morgan fingerprint density at radius 3 is 2.48 bits per heavy atom. The summed E-state index contributed by atoms with van der Waals surface area (Å²) < 4.78 is 1.57. The van der Waals surface area contributed by atoms with Crippen LogP contribution in [0.3, 0.4) is 0 Å². The second kappa shape index (κ2) is 6.25. The molecule has 0 radical (unpaired) electrons. The van der Waals surface area contributed by atoms with Crippen molar-refractivity contribution in [3.63, 3.8) is 0 Å². The van der Waals surface area contributed by atoms with Crippen LogP contribution in [0.5, 0.6) is 0 Å². The minimum absolute atomic E-state index is 0.0638. The molecule has 0 bridgehead atoms. The minimum Gasteiger partial charge on any atom is -0.477 e. The van der Waals surface area contributed by atoms with Gasteiger partial charge in [-0.15, -0.1) is 0 Å². The van der Waals surface area contributed by atoms with Crippen molar-refractivity contribution in [1.29, 1.82) is 0 Å². The number of hydrogen-bond acceptors (Lipinski definition) is 3. The smallest absolute Gasteiger partial charge is 0.352 e. The third-order valence-corrected chi connectivity index (χ3v) is 4.67. The van der Waals surface area contributed by atoms with E-state index in [-0.39, 0.29) is 11.5 Å². The van der Waals surface area contributed by atoms with Crippen LogP contribution < -0.4 is 0 Å². The number of aromatic carboxylic acids is 1. The van der Waals surface area contributed by atoms with E-state index in [2.05, 4.69) is 9.97 Å². The van der Waals surface area contributed by atoms with Gasteiger partial charge in [-0.3, -0.25) is 4.79 Å².